The number of nitrogens with two attached hydrogens (primary N) is 1. The lowest BCUT2D eigenvalue weighted by molar-refractivity contribution is -0.153. The Morgan fingerprint density at radius 2 is 2.00 bits per heavy atom. The second-order valence-corrected chi connectivity index (χ2v) is 5.97. The van der Waals surface area contributed by atoms with E-state index in [1.165, 1.54) is 12.1 Å². The summed E-state index contributed by atoms with van der Waals surface area (Å²) in [5.41, 5.74) is 6.61. The summed E-state index contributed by atoms with van der Waals surface area (Å²) in [7, 11) is 0. The summed E-state index contributed by atoms with van der Waals surface area (Å²) in [5, 5.41) is 2.92. The number of carbonyl (C=O) groups excluding carboxylic acids is 1. The van der Waals surface area contributed by atoms with E-state index >= 15 is 0 Å². The van der Waals surface area contributed by atoms with Gasteiger partial charge in [-0.25, -0.2) is 0 Å². The van der Waals surface area contributed by atoms with Crippen LogP contribution in [0.3, 0.4) is 0 Å². The highest BCUT2D eigenvalue weighted by Gasteiger charge is 2.29. The molecule has 1 aliphatic carbocycles. The van der Waals surface area contributed by atoms with Gasteiger partial charge in [-0.3, -0.25) is 4.79 Å². The zero-order valence-electron chi connectivity index (χ0n) is 12.9. The maximum Gasteiger partial charge on any atom is 0.422 e. The minimum absolute atomic E-state index is 0.0251. The van der Waals surface area contributed by atoms with Gasteiger partial charge in [-0.1, -0.05) is 12.1 Å². The summed E-state index contributed by atoms with van der Waals surface area (Å²) in [6.07, 6.45) is -2.01. The molecule has 0 heterocycles. The van der Waals surface area contributed by atoms with Crippen molar-refractivity contribution in [3.05, 3.63) is 29.8 Å². The summed E-state index contributed by atoms with van der Waals surface area (Å²) in [6, 6.07) is 6.10. The van der Waals surface area contributed by atoms with E-state index in [-0.39, 0.29) is 29.7 Å². The topological polar surface area (TPSA) is 64.4 Å². The smallest absolute Gasteiger partial charge is 0.422 e. The summed E-state index contributed by atoms with van der Waals surface area (Å²) < 4.78 is 40.9. The number of hydrogen-bond donors (Lipinski definition) is 2. The van der Waals surface area contributed by atoms with Crippen LogP contribution < -0.4 is 15.8 Å². The van der Waals surface area contributed by atoms with E-state index < -0.39 is 12.8 Å². The molecule has 128 valence electrons. The monoisotopic (exact) mass is 330 g/mol. The third-order valence-electron chi connectivity index (χ3n) is 3.99. The third-order valence-corrected chi connectivity index (χ3v) is 3.99. The van der Waals surface area contributed by atoms with Gasteiger partial charge in [-0.05, 0) is 43.9 Å². The van der Waals surface area contributed by atoms with Crippen molar-refractivity contribution in [2.75, 3.05) is 6.61 Å². The molecule has 3 unspecified atom stereocenters. The fraction of sp³-hybridized carbons (Fsp3) is 0.562. The molecule has 23 heavy (non-hydrogen) atoms. The zero-order chi connectivity index (χ0) is 17.0. The molecule has 1 aromatic rings. The van der Waals surface area contributed by atoms with E-state index in [1.54, 1.807) is 12.1 Å². The van der Waals surface area contributed by atoms with Crippen LogP contribution in [0.5, 0.6) is 5.75 Å². The van der Waals surface area contributed by atoms with E-state index in [1.807, 2.05) is 6.92 Å². The number of halogens is 3. The van der Waals surface area contributed by atoms with Gasteiger partial charge in [0, 0.05) is 12.0 Å². The normalized spacial score (nSPS) is 22.7. The largest absolute Gasteiger partial charge is 0.484 e. The number of carbonyl (C=O) groups is 1. The molecule has 0 bridgehead atoms. The van der Waals surface area contributed by atoms with Crippen LogP contribution in [0.4, 0.5) is 13.2 Å². The predicted octanol–water partition coefficient (Wildman–Crippen LogP) is 2.93. The zero-order valence-corrected chi connectivity index (χ0v) is 12.9. The number of ether oxygens (including phenoxy) is 1. The molecule has 0 aromatic heterocycles. The standard InChI is InChI=1S/C16H21F3N2O2/c1-10(21-15(22)12-2-5-13(20)8-12)11-3-6-14(7-4-11)23-9-16(17,18)19/h3-4,6-7,10,12-13H,2,5,8-9,20H2,1H3,(H,21,22). The summed E-state index contributed by atoms with van der Waals surface area (Å²) in [5.74, 6) is 0.0658. The number of rotatable bonds is 5. The molecular formula is C16H21F3N2O2. The van der Waals surface area contributed by atoms with Crippen LogP contribution in [-0.4, -0.2) is 24.7 Å². The van der Waals surface area contributed by atoms with Crippen molar-refractivity contribution in [1.29, 1.82) is 0 Å². The van der Waals surface area contributed by atoms with Crippen LogP contribution in [0.1, 0.15) is 37.8 Å². The van der Waals surface area contributed by atoms with Gasteiger partial charge in [-0.15, -0.1) is 0 Å². The van der Waals surface area contributed by atoms with Gasteiger partial charge < -0.3 is 15.8 Å². The first-order valence-electron chi connectivity index (χ1n) is 7.60. The lowest BCUT2D eigenvalue weighted by Gasteiger charge is -2.18. The Labute approximate surface area is 133 Å². The Morgan fingerprint density at radius 1 is 1.35 bits per heavy atom. The van der Waals surface area contributed by atoms with E-state index in [4.69, 9.17) is 5.73 Å². The molecule has 1 fully saturated rings. The fourth-order valence-electron chi connectivity index (χ4n) is 2.69. The SMILES string of the molecule is CC(NC(=O)C1CCC(N)C1)c1ccc(OCC(F)(F)F)cc1. The molecule has 1 aromatic carbocycles. The van der Waals surface area contributed by atoms with Gasteiger partial charge in [-0.2, -0.15) is 13.2 Å². The Hall–Kier alpha value is -1.76. The first kappa shape index (κ1) is 17.6. The molecule has 0 aliphatic heterocycles. The molecule has 1 saturated carbocycles. The minimum atomic E-state index is -4.36. The first-order valence-corrected chi connectivity index (χ1v) is 7.60. The number of hydrogen-bond acceptors (Lipinski definition) is 3. The first-order chi connectivity index (χ1) is 10.7. The Bertz CT molecular complexity index is 531. The van der Waals surface area contributed by atoms with E-state index in [2.05, 4.69) is 10.1 Å². The van der Waals surface area contributed by atoms with Gasteiger partial charge in [0.1, 0.15) is 5.75 Å². The van der Waals surface area contributed by atoms with Crippen LogP contribution >= 0.6 is 0 Å². The number of nitrogens with one attached hydrogen (secondary N) is 1. The number of alkyl halides is 3. The molecule has 0 radical (unpaired) electrons. The van der Waals surface area contributed by atoms with Crippen LogP contribution in [0.15, 0.2) is 24.3 Å². The molecule has 0 spiro atoms. The van der Waals surface area contributed by atoms with Crippen LogP contribution in [-0.2, 0) is 4.79 Å². The summed E-state index contributed by atoms with van der Waals surface area (Å²) in [6.45, 7) is 0.513. The Morgan fingerprint density at radius 3 is 2.52 bits per heavy atom. The van der Waals surface area contributed by atoms with Crippen molar-refractivity contribution in [1.82, 2.24) is 5.32 Å². The second kappa shape index (κ2) is 7.21. The molecule has 4 nitrogen and oxygen atoms in total. The van der Waals surface area contributed by atoms with Gasteiger partial charge in [0.2, 0.25) is 5.91 Å². The highest BCUT2D eigenvalue weighted by atomic mass is 19.4. The molecule has 2 rings (SSSR count). The lowest BCUT2D eigenvalue weighted by Crippen LogP contribution is -2.32. The molecule has 1 aliphatic rings. The quantitative estimate of drug-likeness (QED) is 0.872. The van der Waals surface area contributed by atoms with Crippen LogP contribution in [0.25, 0.3) is 0 Å². The van der Waals surface area contributed by atoms with Gasteiger partial charge in [0.05, 0.1) is 6.04 Å². The Balaban J connectivity index is 1.87. The molecular weight excluding hydrogens is 309 g/mol. The van der Waals surface area contributed by atoms with E-state index in [0.717, 1.165) is 18.4 Å². The summed E-state index contributed by atoms with van der Waals surface area (Å²) >= 11 is 0. The minimum Gasteiger partial charge on any atom is -0.484 e. The third kappa shape index (κ3) is 5.42. The molecule has 7 heteroatoms. The average Bonchev–Trinajstić information content (AvgIpc) is 2.91. The molecule has 3 atom stereocenters. The molecule has 0 saturated heterocycles. The van der Waals surface area contributed by atoms with Crippen molar-refractivity contribution in [2.45, 2.75) is 44.4 Å². The number of amides is 1. The van der Waals surface area contributed by atoms with E-state index in [9.17, 15) is 18.0 Å². The van der Waals surface area contributed by atoms with Crippen molar-refractivity contribution in [3.8, 4) is 5.75 Å². The van der Waals surface area contributed by atoms with Crippen molar-refractivity contribution in [2.24, 2.45) is 11.7 Å². The average molecular weight is 330 g/mol. The van der Waals surface area contributed by atoms with E-state index in [0.29, 0.717) is 6.42 Å². The highest BCUT2D eigenvalue weighted by Crippen LogP contribution is 2.26. The molecule has 3 N–H and O–H groups in total. The maximum absolute atomic E-state index is 12.1. The van der Waals surface area contributed by atoms with Crippen molar-refractivity contribution >= 4 is 5.91 Å². The van der Waals surface area contributed by atoms with Gasteiger partial charge >= 0.3 is 6.18 Å². The van der Waals surface area contributed by atoms with Crippen LogP contribution in [0, 0.1) is 5.92 Å². The predicted molar refractivity (Wildman–Crippen MR) is 79.9 cm³/mol. The van der Waals surface area contributed by atoms with Crippen molar-refractivity contribution < 1.29 is 22.7 Å². The Kier molecular flexibility index (Phi) is 5.51. The van der Waals surface area contributed by atoms with Crippen LogP contribution in [0.2, 0.25) is 0 Å². The highest BCUT2D eigenvalue weighted by molar-refractivity contribution is 5.79. The maximum atomic E-state index is 12.1. The van der Waals surface area contributed by atoms with Gasteiger partial charge in [0.15, 0.2) is 6.61 Å². The molecule has 1 amide bonds. The van der Waals surface area contributed by atoms with Gasteiger partial charge in [0.25, 0.3) is 0 Å². The lowest BCUT2D eigenvalue weighted by atomic mass is 10.0. The van der Waals surface area contributed by atoms with Crippen molar-refractivity contribution in [3.63, 3.8) is 0 Å². The second-order valence-electron chi connectivity index (χ2n) is 5.97. The fourth-order valence-corrected chi connectivity index (χ4v) is 2.69. The number of benzene rings is 1. The summed E-state index contributed by atoms with van der Waals surface area (Å²) in [4.78, 5) is 12.1.